The van der Waals surface area contributed by atoms with Crippen LogP contribution < -0.4 is 10.6 Å². The molecule has 2 fully saturated rings. The molecule has 0 unspecified atom stereocenters. The third-order valence-corrected chi connectivity index (χ3v) is 5.64. The van der Waals surface area contributed by atoms with E-state index in [0.29, 0.717) is 5.92 Å². The summed E-state index contributed by atoms with van der Waals surface area (Å²) < 4.78 is 5.48. The Labute approximate surface area is 150 Å². The van der Waals surface area contributed by atoms with Gasteiger partial charge in [0.15, 0.2) is 0 Å². The van der Waals surface area contributed by atoms with Crippen LogP contribution in [0.3, 0.4) is 0 Å². The van der Waals surface area contributed by atoms with Crippen molar-refractivity contribution in [1.29, 1.82) is 0 Å². The first kappa shape index (κ1) is 18.2. The smallest absolute Gasteiger partial charge is 0.315 e. The lowest BCUT2D eigenvalue weighted by Gasteiger charge is -2.34. The highest BCUT2D eigenvalue weighted by Crippen LogP contribution is 2.30. The van der Waals surface area contributed by atoms with Gasteiger partial charge in [-0.1, -0.05) is 43.2 Å². The number of aliphatic hydroxyl groups is 1. The summed E-state index contributed by atoms with van der Waals surface area (Å²) in [5.41, 5.74) is 1.15. The molecule has 1 heterocycles. The van der Waals surface area contributed by atoms with Gasteiger partial charge in [0.2, 0.25) is 0 Å². The van der Waals surface area contributed by atoms with Gasteiger partial charge in [0.05, 0.1) is 6.04 Å². The summed E-state index contributed by atoms with van der Waals surface area (Å²) in [6.07, 6.45) is 6.11. The number of benzene rings is 1. The Morgan fingerprint density at radius 3 is 2.56 bits per heavy atom. The Balaban J connectivity index is 1.65. The van der Waals surface area contributed by atoms with E-state index in [-0.39, 0.29) is 30.6 Å². The monoisotopic (exact) mass is 346 g/mol. The molecule has 3 atom stereocenters. The van der Waals surface area contributed by atoms with Gasteiger partial charge in [-0.25, -0.2) is 4.79 Å². The standard InChI is InChI=1S/C20H30N2O3/c23-14-17-8-4-5-9-18(17)21-20(24)22-19(15-6-2-1-3-7-15)16-10-12-25-13-11-16/h1-3,6-7,16-19,23H,4-5,8-14H2,(H2,21,22,24)/t17-,18-,19+/m1/s1. The van der Waals surface area contributed by atoms with Crippen molar-refractivity contribution >= 4 is 6.03 Å². The highest BCUT2D eigenvalue weighted by molar-refractivity contribution is 5.75. The van der Waals surface area contributed by atoms with Crippen LogP contribution in [0.2, 0.25) is 0 Å². The minimum atomic E-state index is -0.120. The van der Waals surface area contributed by atoms with Crippen molar-refractivity contribution in [1.82, 2.24) is 10.6 Å². The molecule has 1 saturated carbocycles. The van der Waals surface area contributed by atoms with Crippen molar-refractivity contribution in [3.05, 3.63) is 35.9 Å². The number of carbonyl (C=O) groups is 1. The molecule has 5 nitrogen and oxygen atoms in total. The minimum Gasteiger partial charge on any atom is -0.396 e. The molecule has 1 aliphatic carbocycles. The van der Waals surface area contributed by atoms with Gasteiger partial charge < -0.3 is 20.5 Å². The molecule has 0 radical (unpaired) electrons. The largest absolute Gasteiger partial charge is 0.396 e. The van der Waals surface area contributed by atoms with E-state index in [1.54, 1.807) is 0 Å². The lowest BCUT2D eigenvalue weighted by atomic mass is 9.85. The summed E-state index contributed by atoms with van der Waals surface area (Å²) in [5, 5.41) is 15.9. The molecule has 0 bridgehead atoms. The van der Waals surface area contributed by atoms with E-state index in [4.69, 9.17) is 4.74 Å². The van der Waals surface area contributed by atoms with E-state index >= 15 is 0 Å². The van der Waals surface area contributed by atoms with Crippen molar-refractivity contribution in [2.24, 2.45) is 11.8 Å². The SMILES string of the molecule is O=C(N[C@@H](c1ccccc1)C1CCOCC1)N[C@@H]1CCCC[C@@H]1CO. The number of ether oxygens (including phenoxy) is 1. The lowest BCUT2D eigenvalue weighted by Crippen LogP contribution is -2.49. The summed E-state index contributed by atoms with van der Waals surface area (Å²) in [6, 6.07) is 10.2. The van der Waals surface area contributed by atoms with Crippen molar-refractivity contribution in [2.75, 3.05) is 19.8 Å². The molecule has 2 aliphatic rings. The third-order valence-electron chi connectivity index (χ3n) is 5.64. The fourth-order valence-corrected chi connectivity index (χ4v) is 4.15. The average Bonchev–Trinajstić information content (AvgIpc) is 2.68. The van der Waals surface area contributed by atoms with Gasteiger partial charge in [0.1, 0.15) is 0 Å². The fraction of sp³-hybridized carbons (Fsp3) is 0.650. The van der Waals surface area contributed by atoms with Crippen molar-refractivity contribution < 1.29 is 14.6 Å². The number of hydrogen-bond acceptors (Lipinski definition) is 3. The van der Waals surface area contributed by atoms with E-state index in [2.05, 4.69) is 22.8 Å². The fourth-order valence-electron chi connectivity index (χ4n) is 4.15. The van der Waals surface area contributed by atoms with E-state index in [9.17, 15) is 9.90 Å². The topological polar surface area (TPSA) is 70.6 Å². The second kappa shape index (κ2) is 9.20. The first-order chi connectivity index (χ1) is 12.3. The summed E-state index contributed by atoms with van der Waals surface area (Å²) in [6.45, 7) is 1.66. The molecule has 2 amide bonds. The number of urea groups is 1. The lowest BCUT2D eigenvalue weighted by molar-refractivity contribution is 0.0545. The Hall–Kier alpha value is -1.59. The maximum Gasteiger partial charge on any atom is 0.315 e. The number of nitrogens with one attached hydrogen (secondary N) is 2. The molecule has 5 heteroatoms. The molecular weight excluding hydrogens is 316 g/mol. The molecule has 138 valence electrons. The van der Waals surface area contributed by atoms with Gasteiger partial charge in [0.25, 0.3) is 0 Å². The summed E-state index contributed by atoms with van der Waals surface area (Å²) >= 11 is 0. The van der Waals surface area contributed by atoms with E-state index in [0.717, 1.165) is 57.3 Å². The normalized spacial score (nSPS) is 26.0. The molecule has 3 N–H and O–H groups in total. The number of rotatable bonds is 5. The zero-order valence-electron chi connectivity index (χ0n) is 14.8. The van der Waals surface area contributed by atoms with Gasteiger partial charge in [-0.3, -0.25) is 0 Å². The van der Waals surface area contributed by atoms with Gasteiger partial charge in [-0.2, -0.15) is 0 Å². The maximum absolute atomic E-state index is 12.7. The van der Waals surface area contributed by atoms with Crippen LogP contribution in [0.5, 0.6) is 0 Å². The van der Waals surface area contributed by atoms with Crippen molar-refractivity contribution in [3.8, 4) is 0 Å². The van der Waals surface area contributed by atoms with Crippen LogP contribution in [0, 0.1) is 11.8 Å². The third kappa shape index (κ3) is 4.95. The van der Waals surface area contributed by atoms with Crippen LogP contribution in [0.1, 0.15) is 50.1 Å². The number of carbonyl (C=O) groups excluding carboxylic acids is 1. The van der Waals surface area contributed by atoms with Crippen LogP contribution in [0.15, 0.2) is 30.3 Å². The first-order valence-electron chi connectivity index (χ1n) is 9.58. The first-order valence-corrected chi connectivity index (χ1v) is 9.58. The molecule has 0 spiro atoms. The molecule has 25 heavy (non-hydrogen) atoms. The Bertz CT molecular complexity index is 531. The number of aliphatic hydroxyl groups excluding tert-OH is 1. The van der Waals surface area contributed by atoms with Crippen LogP contribution >= 0.6 is 0 Å². The average molecular weight is 346 g/mol. The second-order valence-corrected chi connectivity index (χ2v) is 7.29. The van der Waals surface area contributed by atoms with Crippen molar-refractivity contribution in [2.45, 2.75) is 50.6 Å². The molecule has 1 aromatic carbocycles. The van der Waals surface area contributed by atoms with Crippen LogP contribution in [0.4, 0.5) is 4.79 Å². The maximum atomic E-state index is 12.7. The van der Waals surface area contributed by atoms with Crippen LogP contribution in [0.25, 0.3) is 0 Å². The zero-order chi connectivity index (χ0) is 17.5. The Kier molecular flexibility index (Phi) is 6.70. The van der Waals surface area contributed by atoms with Crippen LogP contribution in [-0.2, 0) is 4.74 Å². The van der Waals surface area contributed by atoms with Gasteiger partial charge in [-0.05, 0) is 37.2 Å². The predicted molar refractivity (Wildman–Crippen MR) is 97.2 cm³/mol. The van der Waals surface area contributed by atoms with Gasteiger partial charge in [-0.15, -0.1) is 0 Å². The predicted octanol–water partition coefficient (Wildman–Crippen LogP) is 3.00. The van der Waals surface area contributed by atoms with Crippen molar-refractivity contribution in [3.63, 3.8) is 0 Å². The molecule has 1 aliphatic heterocycles. The van der Waals surface area contributed by atoms with Gasteiger partial charge >= 0.3 is 6.03 Å². The molecule has 0 aromatic heterocycles. The molecule has 3 rings (SSSR count). The minimum absolute atomic E-state index is 0.00117. The molecule has 1 aromatic rings. The van der Waals surface area contributed by atoms with Crippen LogP contribution in [-0.4, -0.2) is 37.0 Å². The summed E-state index contributed by atoms with van der Waals surface area (Å²) in [5.74, 6) is 0.569. The highest BCUT2D eigenvalue weighted by atomic mass is 16.5. The Morgan fingerprint density at radius 2 is 1.84 bits per heavy atom. The number of amides is 2. The van der Waals surface area contributed by atoms with E-state index in [1.807, 2.05) is 18.2 Å². The quantitative estimate of drug-likeness (QED) is 0.767. The van der Waals surface area contributed by atoms with Gasteiger partial charge in [0, 0.05) is 31.8 Å². The highest BCUT2D eigenvalue weighted by Gasteiger charge is 2.29. The van der Waals surface area contributed by atoms with E-state index < -0.39 is 0 Å². The number of hydrogen-bond donors (Lipinski definition) is 3. The molecular formula is C20H30N2O3. The second-order valence-electron chi connectivity index (χ2n) is 7.29. The summed E-state index contributed by atoms with van der Waals surface area (Å²) in [4.78, 5) is 12.7. The summed E-state index contributed by atoms with van der Waals surface area (Å²) in [7, 11) is 0. The molecule has 1 saturated heterocycles. The Morgan fingerprint density at radius 1 is 1.12 bits per heavy atom. The van der Waals surface area contributed by atoms with E-state index in [1.165, 1.54) is 0 Å². The zero-order valence-corrected chi connectivity index (χ0v) is 14.8.